The Bertz CT molecular complexity index is 1170. The van der Waals surface area contributed by atoms with Crippen LogP contribution in [-0.4, -0.2) is 28.8 Å². The quantitative estimate of drug-likeness (QED) is 0.316. The van der Waals surface area contributed by atoms with E-state index in [-0.39, 0.29) is 24.3 Å². The lowest BCUT2D eigenvalue weighted by atomic mass is 9.94. The van der Waals surface area contributed by atoms with E-state index in [1.54, 1.807) is 4.90 Å². The highest BCUT2D eigenvalue weighted by atomic mass is 79.9. The van der Waals surface area contributed by atoms with Gasteiger partial charge >= 0.3 is 0 Å². The summed E-state index contributed by atoms with van der Waals surface area (Å²) in [5.41, 5.74) is 5.30. The van der Waals surface area contributed by atoms with Crippen LogP contribution in [-0.2, 0) is 29.0 Å². The lowest BCUT2D eigenvalue weighted by molar-refractivity contribution is -0.141. The molecule has 1 fully saturated rings. The number of amides is 2. The molecule has 37 heavy (non-hydrogen) atoms. The van der Waals surface area contributed by atoms with Crippen molar-refractivity contribution >= 4 is 27.7 Å². The second kappa shape index (κ2) is 13.0. The summed E-state index contributed by atoms with van der Waals surface area (Å²) in [5, 5.41) is 3.31. The van der Waals surface area contributed by atoms with Gasteiger partial charge in [0, 0.05) is 23.5 Å². The third kappa shape index (κ3) is 8.03. The SMILES string of the molecule is Cc1cc(C)cc(CC(=O)N(Cc2ccc(Br)cc2)[C@H](Cc2ccccc2)C(=O)NC2CCCCC2)c1. The zero-order chi connectivity index (χ0) is 26.2. The molecule has 0 radical (unpaired) electrons. The predicted molar refractivity (Wildman–Crippen MR) is 153 cm³/mol. The molecule has 1 saturated carbocycles. The number of nitrogens with zero attached hydrogens (tertiary/aromatic N) is 1. The van der Waals surface area contributed by atoms with Crippen molar-refractivity contribution < 1.29 is 9.59 Å². The van der Waals surface area contributed by atoms with Crippen molar-refractivity contribution in [1.29, 1.82) is 0 Å². The fraction of sp³-hybridized carbons (Fsp3) is 0.375. The number of hydrogen-bond donors (Lipinski definition) is 1. The van der Waals surface area contributed by atoms with Crippen molar-refractivity contribution in [2.24, 2.45) is 0 Å². The van der Waals surface area contributed by atoms with Gasteiger partial charge in [-0.3, -0.25) is 9.59 Å². The highest BCUT2D eigenvalue weighted by Crippen LogP contribution is 2.21. The number of carbonyl (C=O) groups is 2. The number of nitrogens with one attached hydrogen (secondary N) is 1. The number of benzene rings is 3. The highest BCUT2D eigenvalue weighted by molar-refractivity contribution is 9.10. The molecule has 1 N–H and O–H groups in total. The Kier molecular flexibility index (Phi) is 9.56. The average molecular weight is 562 g/mol. The smallest absolute Gasteiger partial charge is 0.243 e. The molecular formula is C32H37BrN2O2. The Morgan fingerprint density at radius 2 is 1.51 bits per heavy atom. The van der Waals surface area contributed by atoms with E-state index in [0.717, 1.165) is 58.0 Å². The van der Waals surface area contributed by atoms with Gasteiger partial charge in [-0.1, -0.05) is 107 Å². The molecule has 0 saturated heterocycles. The molecule has 0 unspecified atom stereocenters. The molecule has 0 spiro atoms. The molecule has 0 aromatic heterocycles. The van der Waals surface area contributed by atoms with Crippen LogP contribution >= 0.6 is 15.9 Å². The van der Waals surface area contributed by atoms with Crippen molar-refractivity contribution in [3.8, 4) is 0 Å². The van der Waals surface area contributed by atoms with E-state index in [9.17, 15) is 9.59 Å². The van der Waals surface area contributed by atoms with E-state index < -0.39 is 6.04 Å². The fourth-order valence-electron chi connectivity index (χ4n) is 5.33. The second-order valence-electron chi connectivity index (χ2n) is 10.4. The molecule has 2 amide bonds. The van der Waals surface area contributed by atoms with E-state index in [1.165, 1.54) is 6.42 Å². The van der Waals surface area contributed by atoms with Crippen molar-refractivity contribution in [2.75, 3.05) is 0 Å². The molecule has 4 nitrogen and oxygen atoms in total. The number of hydrogen-bond acceptors (Lipinski definition) is 2. The van der Waals surface area contributed by atoms with Crippen LogP contribution in [0.1, 0.15) is 59.9 Å². The largest absolute Gasteiger partial charge is 0.352 e. The summed E-state index contributed by atoms with van der Waals surface area (Å²) in [7, 11) is 0. The lowest BCUT2D eigenvalue weighted by Gasteiger charge is -2.33. The van der Waals surface area contributed by atoms with Crippen LogP contribution in [0.4, 0.5) is 0 Å². The fourth-order valence-corrected chi connectivity index (χ4v) is 5.60. The van der Waals surface area contributed by atoms with Gasteiger partial charge < -0.3 is 10.2 Å². The summed E-state index contributed by atoms with van der Waals surface area (Å²) in [6.45, 7) is 4.49. The van der Waals surface area contributed by atoms with E-state index in [2.05, 4.69) is 53.3 Å². The summed E-state index contributed by atoms with van der Waals surface area (Å²) in [4.78, 5) is 29.6. The van der Waals surface area contributed by atoms with Gasteiger partial charge in [0.2, 0.25) is 11.8 Å². The summed E-state index contributed by atoms with van der Waals surface area (Å²) < 4.78 is 0.986. The second-order valence-corrected chi connectivity index (χ2v) is 11.3. The lowest BCUT2D eigenvalue weighted by Crippen LogP contribution is -2.53. The van der Waals surface area contributed by atoms with E-state index >= 15 is 0 Å². The molecule has 5 heteroatoms. The average Bonchev–Trinajstić information content (AvgIpc) is 2.87. The molecule has 194 valence electrons. The zero-order valence-electron chi connectivity index (χ0n) is 21.9. The molecule has 0 aliphatic heterocycles. The molecule has 4 rings (SSSR count). The first-order valence-corrected chi connectivity index (χ1v) is 14.1. The Morgan fingerprint density at radius 3 is 2.16 bits per heavy atom. The topological polar surface area (TPSA) is 49.4 Å². The first kappa shape index (κ1) is 27.1. The molecule has 0 heterocycles. The maximum absolute atomic E-state index is 14.0. The van der Waals surface area contributed by atoms with Crippen LogP contribution in [0.25, 0.3) is 0 Å². The Labute approximate surface area is 229 Å². The van der Waals surface area contributed by atoms with Gasteiger partial charge in [-0.05, 0) is 55.5 Å². The Balaban J connectivity index is 1.66. The minimum Gasteiger partial charge on any atom is -0.352 e. The Hall–Kier alpha value is -2.92. The van der Waals surface area contributed by atoms with Gasteiger partial charge in [0.1, 0.15) is 6.04 Å². The van der Waals surface area contributed by atoms with Crippen LogP contribution in [0.2, 0.25) is 0 Å². The highest BCUT2D eigenvalue weighted by Gasteiger charge is 2.32. The number of carbonyl (C=O) groups excluding carboxylic acids is 2. The first-order valence-electron chi connectivity index (χ1n) is 13.3. The normalized spacial score (nSPS) is 14.7. The maximum atomic E-state index is 14.0. The molecule has 0 bridgehead atoms. The van der Waals surface area contributed by atoms with E-state index in [4.69, 9.17) is 0 Å². The predicted octanol–water partition coefficient (Wildman–Crippen LogP) is 6.70. The molecule has 1 aliphatic rings. The zero-order valence-corrected chi connectivity index (χ0v) is 23.5. The number of rotatable bonds is 9. The molecule has 1 atom stereocenters. The summed E-state index contributed by atoms with van der Waals surface area (Å²) in [5.74, 6) is -0.0886. The van der Waals surface area contributed by atoms with Crippen molar-refractivity contribution in [3.05, 3.63) is 105 Å². The molecule has 1 aliphatic carbocycles. The Morgan fingerprint density at radius 1 is 0.865 bits per heavy atom. The van der Waals surface area contributed by atoms with Crippen LogP contribution in [0, 0.1) is 13.8 Å². The van der Waals surface area contributed by atoms with Gasteiger partial charge in [-0.25, -0.2) is 0 Å². The van der Waals surface area contributed by atoms with Gasteiger partial charge in [-0.2, -0.15) is 0 Å². The van der Waals surface area contributed by atoms with Crippen LogP contribution in [0.5, 0.6) is 0 Å². The third-order valence-corrected chi connectivity index (χ3v) is 7.65. The van der Waals surface area contributed by atoms with Crippen LogP contribution < -0.4 is 5.32 Å². The first-order chi connectivity index (χ1) is 17.9. The molecule has 3 aromatic rings. The third-order valence-electron chi connectivity index (χ3n) is 7.13. The number of aryl methyl sites for hydroxylation is 2. The number of halogens is 1. The minimum absolute atomic E-state index is 0.0346. The van der Waals surface area contributed by atoms with Crippen molar-refractivity contribution in [1.82, 2.24) is 10.2 Å². The molecule has 3 aromatic carbocycles. The minimum atomic E-state index is -0.591. The maximum Gasteiger partial charge on any atom is 0.243 e. The summed E-state index contributed by atoms with van der Waals surface area (Å²) in [6.07, 6.45) is 6.27. The standard InChI is InChI=1S/C32H37BrN2O2/c1-23-17-24(2)19-27(18-23)21-31(36)35(22-26-13-15-28(33)16-14-26)30(20-25-9-5-3-6-10-25)32(37)34-29-11-7-4-8-12-29/h3,5-6,9-10,13-19,29-30H,4,7-8,11-12,20-22H2,1-2H3,(H,34,37)/t30-/m1/s1. The van der Waals surface area contributed by atoms with Gasteiger partial charge in [-0.15, -0.1) is 0 Å². The van der Waals surface area contributed by atoms with Crippen LogP contribution in [0.15, 0.2) is 77.3 Å². The monoisotopic (exact) mass is 560 g/mol. The van der Waals surface area contributed by atoms with E-state index in [1.807, 2.05) is 54.6 Å². The van der Waals surface area contributed by atoms with Gasteiger partial charge in [0.25, 0.3) is 0 Å². The summed E-state index contributed by atoms with van der Waals surface area (Å²) in [6, 6.07) is 23.9. The van der Waals surface area contributed by atoms with Crippen LogP contribution in [0.3, 0.4) is 0 Å². The van der Waals surface area contributed by atoms with Crippen molar-refractivity contribution in [3.63, 3.8) is 0 Å². The molecular weight excluding hydrogens is 524 g/mol. The summed E-state index contributed by atoms with van der Waals surface area (Å²) >= 11 is 3.51. The van der Waals surface area contributed by atoms with Crippen molar-refractivity contribution in [2.45, 2.75) is 77.4 Å². The van der Waals surface area contributed by atoms with E-state index in [0.29, 0.717) is 13.0 Å². The van der Waals surface area contributed by atoms with Gasteiger partial charge in [0.05, 0.1) is 6.42 Å². The van der Waals surface area contributed by atoms with Gasteiger partial charge in [0.15, 0.2) is 0 Å².